The van der Waals surface area contributed by atoms with E-state index in [1.54, 1.807) is 18.2 Å². The summed E-state index contributed by atoms with van der Waals surface area (Å²) < 4.78 is 1.93. The average Bonchev–Trinajstić information content (AvgIpc) is 3.38. The zero-order valence-electron chi connectivity index (χ0n) is 21.8. The van der Waals surface area contributed by atoms with E-state index in [9.17, 15) is 14.9 Å². The van der Waals surface area contributed by atoms with E-state index in [0.717, 1.165) is 43.9 Å². The van der Waals surface area contributed by atoms with Crippen LogP contribution in [-0.4, -0.2) is 68.1 Å². The minimum atomic E-state index is -0.393. The average molecular weight is 543 g/mol. The van der Waals surface area contributed by atoms with E-state index in [1.165, 1.54) is 17.8 Å². The molecule has 1 amide bonds. The molecule has 200 valence electrons. The van der Waals surface area contributed by atoms with Crippen LogP contribution in [0.3, 0.4) is 0 Å². The van der Waals surface area contributed by atoms with Gasteiger partial charge in [0.25, 0.3) is 11.6 Å². The Hall–Kier alpha value is -4.02. The number of nitro benzene ring substituents is 1. The number of thioether (sulfide) groups is 1. The minimum Gasteiger partial charge on any atom is -0.336 e. The first-order chi connectivity index (χ1) is 19.0. The molecular formula is C29H30N6O3S. The molecule has 2 heterocycles. The quantitative estimate of drug-likeness (QED) is 0.167. The molecule has 1 fully saturated rings. The summed E-state index contributed by atoms with van der Waals surface area (Å²) in [5.74, 6) is 1.15. The van der Waals surface area contributed by atoms with Gasteiger partial charge in [-0.25, -0.2) is 0 Å². The molecule has 39 heavy (non-hydrogen) atoms. The first kappa shape index (κ1) is 26.6. The Bertz CT molecular complexity index is 1430. The Balaban J connectivity index is 1.33. The van der Waals surface area contributed by atoms with Gasteiger partial charge in [-0.15, -0.1) is 10.2 Å². The van der Waals surface area contributed by atoms with Gasteiger partial charge >= 0.3 is 0 Å². The number of carbonyl (C=O) groups is 1. The lowest BCUT2D eigenvalue weighted by Crippen LogP contribution is -2.48. The molecular weight excluding hydrogens is 512 g/mol. The zero-order chi connectivity index (χ0) is 27.2. The van der Waals surface area contributed by atoms with Gasteiger partial charge in [-0.05, 0) is 35.9 Å². The summed E-state index contributed by atoms with van der Waals surface area (Å²) in [5, 5.41) is 21.2. The first-order valence-corrected chi connectivity index (χ1v) is 14.0. The zero-order valence-corrected chi connectivity index (χ0v) is 22.6. The lowest BCUT2D eigenvalue weighted by atomic mass is 10.1. The topological polar surface area (TPSA) is 97.4 Å². The molecule has 0 saturated carbocycles. The summed E-state index contributed by atoms with van der Waals surface area (Å²) in [6.45, 7) is 6.97. The fourth-order valence-electron chi connectivity index (χ4n) is 4.67. The first-order valence-electron chi connectivity index (χ1n) is 13.0. The van der Waals surface area contributed by atoms with Crippen molar-refractivity contribution in [1.82, 2.24) is 24.6 Å². The molecule has 0 aliphatic carbocycles. The maximum Gasteiger partial charge on any atom is 0.280 e. The summed E-state index contributed by atoms with van der Waals surface area (Å²) in [7, 11) is 0. The molecule has 5 rings (SSSR count). The number of rotatable bonds is 9. The number of hydrogen-bond acceptors (Lipinski definition) is 7. The third-order valence-corrected chi connectivity index (χ3v) is 7.96. The number of piperazine rings is 1. The summed E-state index contributed by atoms with van der Waals surface area (Å²) in [4.78, 5) is 28.5. The molecule has 0 atom stereocenters. The van der Waals surface area contributed by atoms with Crippen LogP contribution >= 0.6 is 11.8 Å². The van der Waals surface area contributed by atoms with Crippen molar-refractivity contribution in [2.75, 3.05) is 32.7 Å². The highest BCUT2D eigenvalue weighted by atomic mass is 32.2. The molecule has 0 bridgehead atoms. The molecule has 4 aromatic rings. The second kappa shape index (κ2) is 12.2. The van der Waals surface area contributed by atoms with Crippen LogP contribution in [0.4, 0.5) is 5.69 Å². The number of nitrogens with zero attached hydrogens (tertiary/aromatic N) is 6. The molecule has 1 saturated heterocycles. The van der Waals surface area contributed by atoms with Gasteiger partial charge in [0.05, 0.1) is 17.0 Å². The largest absolute Gasteiger partial charge is 0.336 e. The van der Waals surface area contributed by atoms with E-state index in [1.807, 2.05) is 64.1 Å². The molecule has 9 nitrogen and oxygen atoms in total. The second-order valence-electron chi connectivity index (χ2n) is 9.36. The maximum absolute atomic E-state index is 12.9. The van der Waals surface area contributed by atoms with Crippen LogP contribution in [0.2, 0.25) is 0 Å². The lowest BCUT2D eigenvalue weighted by Gasteiger charge is -2.34. The summed E-state index contributed by atoms with van der Waals surface area (Å²) >= 11 is 1.51. The predicted octanol–water partition coefficient (Wildman–Crippen LogP) is 4.97. The van der Waals surface area contributed by atoms with Gasteiger partial charge in [-0.1, -0.05) is 73.3 Å². The third-order valence-electron chi connectivity index (χ3n) is 6.92. The van der Waals surface area contributed by atoms with Gasteiger partial charge in [0.1, 0.15) is 0 Å². The van der Waals surface area contributed by atoms with Crippen molar-refractivity contribution >= 4 is 23.4 Å². The van der Waals surface area contributed by atoms with Crippen molar-refractivity contribution in [3.05, 3.63) is 106 Å². The number of carbonyl (C=O) groups excluding carboxylic acids is 1. The van der Waals surface area contributed by atoms with E-state index < -0.39 is 4.92 Å². The van der Waals surface area contributed by atoms with Gasteiger partial charge in [0, 0.05) is 43.6 Å². The van der Waals surface area contributed by atoms with Crippen molar-refractivity contribution in [3.8, 4) is 11.4 Å². The molecule has 3 aromatic carbocycles. The van der Waals surface area contributed by atoms with Gasteiger partial charge in [-0.3, -0.25) is 19.5 Å². The third kappa shape index (κ3) is 6.18. The fraction of sp³-hybridized carbons (Fsp3) is 0.276. The Kier molecular flexibility index (Phi) is 8.33. The van der Waals surface area contributed by atoms with E-state index in [-0.39, 0.29) is 11.6 Å². The van der Waals surface area contributed by atoms with Crippen molar-refractivity contribution < 1.29 is 9.72 Å². The van der Waals surface area contributed by atoms with Crippen LogP contribution in [0, 0.1) is 10.1 Å². The smallest absolute Gasteiger partial charge is 0.280 e. The van der Waals surface area contributed by atoms with Crippen molar-refractivity contribution in [2.24, 2.45) is 0 Å². The Morgan fingerprint density at radius 3 is 2.28 bits per heavy atom. The van der Waals surface area contributed by atoms with E-state index in [0.29, 0.717) is 34.4 Å². The van der Waals surface area contributed by atoms with Gasteiger partial charge in [-0.2, -0.15) is 0 Å². The summed E-state index contributed by atoms with van der Waals surface area (Å²) in [6.07, 6.45) is 0. The summed E-state index contributed by atoms with van der Waals surface area (Å²) in [6, 6.07) is 24.2. The van der Waals surface area contributed by atoms with Gasteiger partial charge in [0.2, 0.25) is 0 Å². The van der Waals surface area contributed by atoms with Crippen molar-refractivity contribution in [2.45, 2.75) is 24.4 Å². The lowest BCUT2D eigenvalue weighted by molar-refractivity contribution is -0.384. The van der Waals surface area contributed by atoms with Gasteiger partial charge < -0.3 is 9.80 Å². The van der Waals surface area contributed by atoms with Crippen LogP contribution in [0.1, 0.15) is 28.4 Å². The summed E-state index contributed by atoms with van der Waals surface area (Å²) in [5.41, 5.74) is 3.21. The van der Waals surface area contributed by atoms with E-state index in [2.05, 4.69) is 22.0 Å². The Labute approximate surface area is 231 Å². The van der Waals surface area contributed by atoms with Crippen molar-refractivity contribution in [3.63, 3.8) is 0 Å². The van der Waals surface area contributed by atoms with Gasteiger partial charge in [0.15, 0.2) is 11.0 Å². The van der Waals surface area contributed by atoms with Crippen LogP contribution in [0.5, 0.6) is 0 Å². The highest BCUT2D eigenvalue weighted by Crippen LogP contribution is 2.32. The number of hydrogen-bond donors (Lipinski definition) is 0. The number of benzene rings is 3. The van der Waals surface area contributed by atoms with E-state index >= 15 is 0 Å². The van der Waals surface area contributed by atoms with Crippen molar-refractivity contribution in [1.29, 1.82) is 0 Å². The normalized spacial score (nSPS) is 13.9. The standard InChI is InChI=1S/C29H30N6O3S/c1-2-32-16-18-33(19-17-32)28(36)24-14-12-23(13-15-24)21-39-29-31-30-27(25-10-6-7-11-26(25)35(37)38)34(29)20-22-8-4-3-5-9-22/h3-15H,2,16-21H2,1H3. The molecule has 0 spiro atoms. The monoisotopic (exact) mass is 542 g/mol. The fourth-order valence-corrected chi connectivity index (χ4v) is 5.56. The molecule has 1 aromatic heterocycles. The van der Waals surface area contributed by atoms with E-state index in [4.69, 9.17) is 0 Å². The number of amides is 1. The van der Waals surface area contributed by atoms with Crippen LogP contribution in [0.15, 0.2) is 84.0 Å². The predicted molar refractivity (Wildman–Crippen MR) is 152 cm³/mol. The maximum atomic E-state index is 12.9. The van der Waals surface area contributed by atoms with Crippen LogP contribution < -0.4 is 0 Å². The number of nitro groups is 1. The highest BCUT2D eigenvalue weighted by Gasteiger charge is 2.23. The Morgan fingerprint density at radius 1 is 0.897 bits per heavy atom. The molecule has 0 radical (unpaired) electrons. The SMILES string of the molecule is CCN1CCN(C(=O)c2ccc(CSc3nnc(-c4ccccc4[N+](=O)[O-])n3Cc3ccccc3)cc2)CC1. The molecule has 0 N–H and O–H groups in total. The number of para-hydroxylation sites is 1. The molecule has 1 aliphatic heterocycles. The van der Waals surface area contributed by atoms with Crippen LogP contribution in [-0.2, 0) is 12.3 Å². The second-order valence-corrected chi connectivity index (χ2v) is 10.3. The highest BCUT2D eigenvalue weighted by molar-refractivity contribution is 7.98. The molecule has 1 aliphatic rings. The Morgan fingerprint density at radius 2 is 1.59 bits per heavy atom. The minimum absolute atomic E-state index is 0.00729. The number of likely N-dealkylation sites (N-methyl/N-ethyl adjacent to an activating group) is 1. The molecule has 0 unspecified atom stereocenters. The number of aromatic nitrogens is 3. The molecule has 10 heteroatoms. The van der Waals surface area contributed by atoms with Crippen LogP contribution in [0.25, 0.3) is 11.4 Å².